The zero-order valence-corrected chi connectivity index (χ0v) is 14.7. The molecular weight excluding hydrogens is 318 g/mol. The smallest absolute Gasteiger partial charge is 0.313 e. The van der Waals surface area contributed by atoms with Crippen molar-refractivity contribution in [1.29, 1.82) is 0 Å². The number of rotatable bonds is 4. The molecule has 6 heteroatoms. The summed E-state index contributed by atoms with van der Waals surface area (Å²) in [7, 11) is 0. The molecule has 0 spiro atoms. The van der Waals surface area contributed by atoms with Gasteiger partial charge in [0.15, 0.2) is 0 Å². The minimum absolute atomic E-state index is 0.0467. The van der Waals surface area contributed by atoms with Crippen LogP contribution in [0.5, 0.6) is 0 Å². The number of nitrogens with zero attached hydrogens (tertiary/aromatic N) is 2. The number of benzene rings is 1. The van der Waals surface area contributed by atoms with Gasteiger partial charge in [-0.25, -0.2) is 0 Å². The van der Waals surface area contributed by atoms with Crippen molar-refractivity contribution in [3.8, 4) is 0 Å². The van der Waals surface area contributed by atoms with Crippen LogP contribution in [0.25, 0.3) is 10.9 Å². The molecule has 0 radical (unpaired) electrons. The molecule has 2 amide bonds. The van der Waals surface area contributed by atoms with Crippen molar-refractivity contribution in [2.45, 2.75) is 39.3 Å². The molecule has 1 aliphatic rings. The van der Waals surface area contributed by atoms with Gasteiger partial charge in [0.1, 0.15) is 0 Å². The number of aliphatic hydroxyl groups excluding tert-OH is 1. The van der Waals surface area contributed by atoms with Crippen LogP contribution in [-0.2, 0) is 16.1 Å². The fourth-order valence-corrected chi connectivity index (χ4v) is 3.39. The molecule has 25 heavy (non-hydrogen) atoms. The van der Waals surface area contributed by atoms with Gasteiger partial charge in [-0.05, 0) is 43.4 Å². The molecule has 134 valence electrons. The average Bonchev–Trinajstić information content (AvgIpc) is 3.22. The van der Waals surface area contributed by atoms with E-state index in [2.05, 4.69) is 16.8 Å². The van der Waals surface area contributed by atoms with Crippen LogP contribution in [0.2, 0.25) is 0 Å². The molecule has 2 aromatic rings. The van der Waals surface area contributed by atoms with E-state index in [9.17, 15) is 14.7 Å². The molecule has 2 N–H and O–H groups in total. The lowest BCUT2D eigenvalue weighted by Crippen LogP contribution is -2.38. The Morgan fingerprint density at radius 2 is 2.16 bits per heavy atom. The minimum atomic E-state index is -0.626. The van der Waals surface area contributed by atoms with E-state index in [1.54, 1.807) is 6.92 Å². The number of aryl methyl sites for hydroxylation is 1. The van der Waals surface area contributed by atoms with Crippen LogP contribution in [0.15, 0.2) is 30.5 Å². The number of carbonyl (C=O) groups is 2. The van der Waals surface area contributed by atoms with Crippen LogP contribution in [0, 0.1) is 5.92 Å². The lowest BCUT2D eigenvalue weighted by atomic mass is 10.0. The highest BCUT2D eigenvalue weighted by molar-refractivity contribution is 6.39. The summed E-state index contributed by atoms with van der Waals surface area (Å²) in [5, 5.41) is 13.5. The maximum atomic E-state index is 12.3. The predicted octanol–water partition coefficient (Wildman–Crippen LogP) is 2.22. The van der Waals surface area contributed by atoms with E-state index in [0.29, 0.717) is 18.8 Å². The molecule has 1 aromatic carbocycles. The van der Waals surface area contributed by atoms with Gasteiger partial charge >= 0.3 is 11.8 Å². The molecule has 0 aliphatic carbocycles. The van der Waals surface area contributed by atoms with Gasteiger partial charge in [0, 0.05) is 37.4 Å². The summed E-state index contributed by atoms with van der Waals surface area (Å²) in [5.41, 5.74) is 1.66. The number of aromatic nitrogens is 1. The van der Waals surface area contributed by atoms with Gasteiger partial charge in [-0.2, -0.15) is 0 Å². The quantitative estimate of drug-likeness (QED) is 0.836. The molecule has 0 bridgehead atoms. The van der Waals surface area contributed by atoms with Crippen molar-refractivity contribution in [2.24, 2.45) is 5.92 Å². The lowest BCUT2D eigenvalue weighted by Gasteiger charge is -2.17. The van der Waals surface area contributed by atoms with Crippen LogP contribution in [0.1, 0.15) is 26.7 Å². The Kier molecular flexibility index (Phi) is 5.08. The van der Waals surface area contributed by atoms with Gasteiger partial charge in [-0.3, -0.25) is 9.59 Å². The second-order valence-electron chi connectivity index (χ2n) is 6.78. The zero-order chi connectivity index (χ0) is 18.0. The van der Waals surface area contributed by atoms with Gasteiger partial charge in [0.05, 0.1) is 11.6 Å². The summed E-state index contributed by atoms with van der Waals surface area (Å²) in [4.78, 5) is 26.1. The number of carbonyl (C=O) groups excluding carboxylic acids is 2. The van der Waals surface area contributed by atoms with Crippen LogP contribution in [-0.4, -0.2) is 45.6 Å². The fraction of sp³-hybridized carbons (Fsp3) is 0.474. The first-order valence-electron chi connectivity index (χ1n) is 8.86. The second kappa shape index (κ2) is 7.27. The van der Waals surface area contributed by atoms with E-state index in [4.69, 9.17) is 0 Å². The molecule has 6 nitrogen and oxygen atoms in total. The molecule has 1 aliphatic heterocycles. The highest BCUT2D eigenvalue weighted by atomic mass is 16.3. The molecule has 3 rings (SSSR count). The Morgan fingerprint density at radius 3 is 2.84 bits per heavy atom. The Labute approximate surface area is 147 Å². The van der Waals surface area contributed by atoms with Crippen molar-refractivity contribution >= 4 is 28.4 Å². The van der Waals surface area contributed by atoms with Crippen molar-refractivity contribution in [3.05, 3.63) is 30.5 Å². The lowest BCUT2D eigenvalue weighted by molar-refractivity contribution is -0.142. The number of likely N-dealkylation sites (tertiary alicyclic amines) is 1. The highest BCUT2D eigenvalue weighted by Gasteiger charge is 2.32. The summed E-state index contributed by atoms with van der Waals surface area (Å²) < 4.78 is 2.14. The number of fused-ring (bicyclic) bond motifs is 1. The third-order valence-corrected chi connectivity index (χ3v) is 4.88. The van der Waals surface area contributed by atoms with Crippen LogP contribution >= 0.6 is 0 Å². The first-order chi connectivity index (χ1) is 12.0. The summed E-state index contributed by atoms with van der Waals surface area (Å²) in [6.07, 6.45) is 3.33. The maximum absolute atomic E-state index is 12.3. The fourth-order valence-electron chi connectivity index (χ4n) is 3.39. The van der Waals surface area contributed by atoms with Gasteiger partial charge in [0.2, 0.25) is 0 Å². The van der Waals surface area contributed by atoms with Crippen LogP contribution in [0.3, 0.4) is 0 Å². The molecule has 1 fully saturated rings. The monoisotopic (exact) mass is 343 g/mol. The van der Waals surface area contributed by atoms with Gasteiger partial charge in [-0.1, -0.05) is 13.0 Å². The number of hydrogen-bond acceptors (Lipinski definition) is 3. The molecule has 1 aromatic heterocycles. The Hall–Kier alpha value is -2.34. The highest BCUT2D eigenvalue weighted by Crippen LogP contribution is 2.22. The normalized spacial score (nSPS) is 18.5. The summed E-state index contributed by atoms with van der Waals surface area (Å²) in [5.74, 6) is -1.11. The zero-order valence-electron chi connectivity index (χ0n) is 14.7. The average molecular weight is 343 g/mol. The predicted molar refractivity (Wildman–Crippen MR) is 97.2 cm³/mol. The van der Waals surface area contributed by atoms with E-state index < -0.39 is 17.9 Å². The molecular formula is C19H25N3O3. The first kappa shape index (κ1) is 17.5. The third-order valence-electron chi connectivity index (χ3n) is 4.88. The van der Waals surface area contributed by atoms with E-state index in [1.807, 2.05) is 30.5 Å². The molecule has 0 saturated carbocycles. The number of hydrogen-bond donors (Lipinski definition) is 2. The van der Waals surface area contributed by atoms with E-state index in [1.165, 1.54) is 4.90 Å². The summed E-state index contributed by atoms with van der Waals surface area (Å²) in [6, 6.07) is 7.70. The summed E-state index contributed by atoms with van der Waals surface area (Å²) in [6.45, 7) is 5.70. The maximum Gasteiger partial charge on any atom is 0.313 e. The van der Waals surface area contributed by atoms with E-state index >= 15 is 0 Å². The van der Waals surface area contributed by atoms with E-state index in [-0.39, 0.29) is 5.92 Å². The SMILES string of the molecule is CCCn1ccc2ccc(NC(=O)C(=O)N3CCC(C(C)O)C3)cc21. The van der Waals surface area contributed by atoms with Gasteiger partial charge in [0.25, 0.3) is 0 Å². The molecule has 2 unspecified atom stereocenters. The van der Waals surface area contributed by atoms with Crippen LogP contribution < -0.4 is 5.32 Å². The minimum Gasteiger partial charge on any atom is -0.393 e. The number of amides is 2. The van der Waals surface area contributed by atoms with Crippen molar-refractivity contribution in [2.75, 3.05) is 18.4 Å². The number of anilines is 1. The first-order valence-corrected chi connectivity index (χ1v) is 8.86. The molecule has 1 saturated heterocycles. The largest absolute Gasteiger partial charge is 0.393 e. The Bertz CT molecular complexity index is 781. The number of nitrogens with one attached hydrogen (secondary N) is 1. The van der Waals surface area contributed by atoms with Crippen LogP contribution in [0.4, 0.5) is 5.69 Å². The van der Waals surface area contributed by atoms with Gasteiger partial charge in [-0.15, -0.1) is 0 Å². The Balaban J connectivity index is 1.69. The molecule has 2 heterocycles. The number of aliphatic hydroxyl groups is 1. The topological polar surface area (TPSA) is 74.6 Å². The van der Waals surface area contributed by atoms with Crippen molar-refractivity contribution in [1.82, 2.24) is 9.47 Å². The molecule has 2 atom stereocenters. The standard InChI is InChI=1S/C19H25N3O3/c1-3-8-21-9-6-14-4-5-16(11-17(14)21)20-18(24)19(25)22-10-7-15(12-22)13(2)23/h4-6,9,11,13,15,23H,3,7-8,10,12H2,1-2H3,(H,20,24). The van der Waals surface area contributed by atoms with Gasteiger partial charge < -0.3 is 19.9 Å². The van der Waals surface area contributed by atoms with Crippen molar-refractivity contribution < 1.29 is 14.7 Å². The van der Waals surface area contributed by atoms with Crippen molar-refractivity contribution in [3.63, 3.8) is 0 Å². The van der Waals surface area contributed by atoms with E-state index in [0.717, 1.165) is 30.3 Å². The third kappa shape index (κ3) is 3.69. The summed E-state index contributed by atoms with van der Waals surface area (Å²) >= 11 is 0. The second-order valence-corrected chi connectivity index (χ2v) is 6.78. The Morgan fingerprint density at radius 1 is 1.36 bits per heavy atom.